The van der Waals surface area contributed by atoms with E-state index in [1.807, 2.05) is 19.9 Å². The molecule has 0 radical (unpaired) electrons. The van der Waals surface area contributed by atoms with Gasteiger partial charge in [-0.05, 0) is 38.3 Å². The highest BCUT2D eigenvalue weighted by molar-refractivity contribution is 6.05. The Morgan fingerprint density at radius 3 is 2.72 bits per heavy atom. The highest BCUT2D eigenvalue weighted by atomic mass is 16.3. The van der Waals surface area contributed by atoms with Gasteiger partial charge in [-0.25, -0.2) is 4.99 Å². The molecule has 1 N–H and O–H groups in total. The number of allylic oxidation sites excluding steroid dienone is 2. The number of hydrogen-bond donors (Lipinski definition) is 1. The molecule has 0 spiro atoms. The smallest absolute Gasteiger partial charge is 0.137 e. The zero-order chi connectivity index (χ0) is 13.1. The molecule has 3 nitrogen and oxygen atoms in total. The molecule has 1 fully saturated rings. The standard InChI is InChI=1S/C15H22N2O/c1-4-12-9-14(11(2)3)17(15(12)16-10-18)13-7-5-6-8-13/h4,9,13,18H,2,5-8,10H2,1,3H3/b12-4-,16-15?. The van der Waals surface area contributed by atoms with Crippen LogP contribution in [0, 0.1) is 0 Å². The maximum Gasteiger partial charge on any atom is 0.137 e. The fourth-order valence-electron chi connectivity index (χ4n) is 2.84. The fraction of sp³-hybridized carbons (Fsp3) is 0.533. The highest BCUT2D eigenvalue weighted by Crippen LogP contribution is 2.35. The first-order valence-electron chi connectivity index (χ1n) is 6.67. The molecule has 1 heterocycles. The summed E-state index contributed by atoms with van der Waals surface area (Å²) in [5.74, 6) is 0.907. The van der Waals surface area contributed by atoms with Gasteiger partial charge >= 0.3 is 0 Å². The summed E-state index contributed by atoms with van der Waals surface area (Å²) in [7, 11) is 0. The summed E-state index contributed by atoms with van der Waals surface area (Å²) < 4.78 is 0. The van der Waals surface area contributed by atoms with E-state index in [0.717, 1.165) is 22.7 Å². The van der Waals surface area contributed by atoms with E-state index in [1.54, 1.807) is 0 Å². The molecule has 0 amide bonds. The molecule has 0 atom stereocenters. The van der Waals surface area contributed by atoms with Gasteiger partial charge in [-0.15, -0.1) is 0 Å². The van der Waals surface area contributed by atoms with Gasteiger partial charge in [-0.2, -0.15) is 0 Å². The fourth-order valence-corrected chi connectivity index (χ4v) is 2.84. The zero-order valence-corrected chi connectivity index (χ0v) is 11.3. The third-order valence-electron chi connectivity index (χ3n) is 3.70. The van der Waals surface area contributed by atoms with Gasteiger partial charge in [-0.3, -0.25) is 0 Å². The van der Waals surface area contributed by atoms with Gasteiger partial charge in [-0.1, -0.05) is 25.5 Å². The van der Waals surface area contributed by atoms with Gasteiger partial charge in [0.25, 0.3) is 0 Å². The Morgan fingerprint density at radius 2 is 2.22 bits per heavy atom. The predicted octanol–water partition coefficient (Wildman–Crippen LogP) is 3.00. The summed E-state index contributed by atoms with van der Waals surface area (Å²) in [6.45, 7) is 7.95. The van der Waals surface area contributed by atoms with Gasteiger partial charge < -0.3 is 10.0 Å². The summed E-state index contributed by atoms with van der Waals surface area (Å²) in [5, 5.41) is 9.14. The predicted molar refractivity (Wildman–Crippen MR) is 75.3 cm³/mol. The lowest BCUT2D eigenvalue weighted by atomic mass is 10.1. The zero-order valence-electron chi connectivity index (χ0n) is 11.3. The van der Waals surface area contributed by atoms with Crippen molar-refractivity contribution < 1.29 is 5.11 Å². The van der Waals surface area contributed by atoms with E-state index in [1.165, 1.54) is 25.7 Å². The average Bonchev–Trinajstić information content (AvgIpc) is 2.95. The first kappa shape index (κ1) is 13.1. The lowest BCUT2D eigenvalue weighted by molar-refractivity contribution is 0.304. The van der Waals surface area contributed by atoms with Crippen LogP contribution in [0.1, 0.15) is 39.5 Å². The van der Waals surface area contributed by atoms with Crippen LogP contribution in [0.5, 0.6) is 0 Å². The van der Waals surface area contributed by atoms with Gasteiger partial charge in [0.2, 0.25) is 0 Å². The van der Waals surface area contributed by atoms with E-state index in [4.69, 9.17) is 5.11 Å². The molecular formula is C15H22N2O. The van der Waals surface area contributed by atoms with Crippen LogP contribution >= 0.6 is 0 Å². The van der Waals surface area contributed by atoms with Crippen molar-refractivity contribution in [1.29, 1.82) is 0 Å². The van der Waals surface area contributed by atoms with Crippen LogP contribution in [-0.2, 0) is 0 Å². The van der Waals surface area contributed by atoms with Crippen LogP contribution in [0.4, 0.5) is 0 Å². The second-order valence-corrected chi connectivity index (χ2v) is 4.99. The van der Waals surface area contributed by atoms with E-state index in [2.05, 4.69) is 22.5 Å². The highest BCUT2D eigenvalue weighted by Gasteiger charge is 2.33. The molecule has 0 aromatic heterocycles. The Labute approximate surface area is 109 Å². The Morgan fingerprint density at radius 1 is 1.56 bits per heavy atom. The first-order chi connectivity index (χ1) is 8.69. The Kier molecular flexibility index (Phi) is 4.02. The van der Waals surface area contributed by atoms with Crippen LogP contribution < -0.4 is 0 Å². The Bertz CT molecular complexity index is 426. The molecular weight excluding hydrogens is 224 g/mol. The SMILES string of the molecule is C=C(C)C1=C/C(=C/C)C(=NCO)N1C1CCCC1. The van der Waals surface area contributed by atoms with E-state index in [9.17, 15) is 0 Å². The van der Waals surface area contributed by atoms with Crippen molar-refractivity contribution in [3.8, 4) is 0 Å². The van der Waals surface area contributed by atoms with Crippen LogP contribution in [0.3, 0.4) is 0 Å². The lowest BCUT2D eigenvalue weighted by Gasteiger charge is -2.30. The molecule has 2 aliphatic rings. The molecule has 0 aromatic carbocycles. The summed E-state index contributed by atoms with van der Waals surface area (Å²) in [5.41, 5.74) is 3.31. The average molecular weight is 246 g/mol. The largest absolute Gasteiger partial charge is 0.374 e. The molecule has 18 heavy (non-hydrogen) atoms. The maximum absolute atomic E-state index is 9.14. The molecule has 1 aliphatic heterocycles. The number of nitrogens with zero attached hydrogens (tertiary/aromatic N) is 2. The number of aliphatic imine (C=N–C) groups is 1. The molecule has 2 rings (SSSR count). The van der Waals surface area contributed by atoms with Gasteiger partial charge in [0.15, 0.2) is 0 Å². The number of amidine groups is 1. The van der Waals surface area contributed by atoms with Crippen molar-refractivity contribution in [2.45, 2.75) is 45.6 Å². The first-order valence-corrected chi connectivity index (χ1v) is 6.67. The van der Waals surface area contributed by atoms with Crippen LogP contribution in [-0.4, -0.2) is 28.6 Å². The van der Waals surface area contributed by atoms with E-state index in [0.29, 0.717) is 6.04 Å². The maximum atomic E-state index is 9.14. The quantitative estimate of drug-likeness (QED) is 0.831. The summed E-state index contributed by atoms with van der Waals surface area (Å²) in [4.78, 5) is 6.55. The van der Waals surface area contributed by atoms with Crippen molar-refractivity contribution in [2.24, 2.45) is 4.99 Å². The minimum Gasteiger partial charge on any atom is -0.374 e. The molecule has 0 aromatic rings. The van der Waals surface area contributed by atoms with Crippen LogP contribution in [0.15, 0.2) is 40.6 Å². The molecule has 1 saturated carbocycles. The van der Waals surface area contributed by atoms with Crippen LogP contribution in [0.25, 0.3) is 0 Å². The van der Waals surface area contributed by atoms with Gasteiger partial charge in [0.1, 0.15) is 12.6 Å². The monoisotopic (exact) mass is 246 g/mol. The molecule has 1 aliphatic carbocycles. The van der Waals surface area contributed by atoms with Crippen molar-refractivity contribution in [3.63, 3.8) is 0 Å². The summed E-state index contributed by atoms with van der Waals surface area (Å²) >= 11 is 0. The van der Waals surface area contributed by atoms with E-state index < -0.39 is 0 Å². The molecule has 0 saturated heterocycles. The molecule has 0 bridgehead atoms. The summed E-state index contributed by atoms with van der Waals surface area (Å²) in [6, 6.07) is 0.510. The molecule has 0 unspecified atom stereocenters. The lowest BCUT2D eigenvalue weighted by Crippen LogP contribution is -2.35. The normalized spacial score (nSPS) is 25.3. The summed E-state index contributed by atoms with van der Waals surface area (Å²) in [6.07, 6.45) is 9.14. The third-order valence-corrected chi connectivity index (χ3v) is 3.70. The van der Waals surface area contributed by atoms with Crippen molar-refractivity contribution >= 4 is 5.84 Å². The Balaban J connectivity index is 2.39. The molecule has 3 heteroatoms. The van der Waals surface area contributed by atoms with Crippen molar-refractivity contribution in [3.05, 3.63) is 35.6 Å². The number of rotatable bonds is 3. The van der Waals surface area contributed by atoms with Crippen molar-refractivity contribution in [1.82, 2.24) is 4.90 Å². The van der Waals surface area contributed by atoms with Gasteiger partial charge in [0.05, 0.1) is 0 Å². The van der Waals surface area contributed by atoms with Crippen molar-refractivity contribution in [2.75, 3.05) is 6.73 Å². The minimum absolute atomic E-state index is 0.160. The second-order valence-electron chi connectivity index (χ2n) is 4.99. The molecule has 98 valence electrons. The second kappa shape index (κ2) is 5.53. The number of aliphatic hydroxyl groups excluding tert-OH is 1. The number of aliphatic hydroxyl groups is 1. The topological polar surface area (TPSA) is 35.8 Å². The van der Waals surface area contributed by atoms with Crippen LogP contribution in [0.2, 0.25) is 0 Å². The van der Waals surface area contributed by atoms with E-state index in [-0.39, 0.29) is 6.73 Å². The number of hydrogen-bond acceptors (Lipinski definition) is 2. The van der Waals surface area contributed by atoms with E-state index >= 15 is 0 Å². The Hall–Kier alpha value is -1.35. The van der Waals surface area contributed by atoms with Gasteiger partial charge in [0, 0.05) is 17.3 Å². The minimum atomic E-state index is -0.160. The third kappa shape index (κ3) is 2.27.